The lowest BCUT2D eigenvalue weighted by molar-refractivity contribution is -0.150. The summed E-state index contributed by atoms with van der Waals surface area (Å²) in [7, 11) is 0. The van der Waals surface area contributed by atoms with E-state index in [1.165, 1.54) is 103 Å². The fourth-order valence-electron chi connectivity index (χ4n) is 7.18. The summed E-state index contributed by atoms with van der Waals surface area (Å²) >= 11 is 0. The molecule has 0 saturated carbocycles. The van der Waals surface area contributed by atoms with Crippen LogP contribution in [0.2, 0.25) is 0 Å². The molecule has 0 rings (SSSR count). The van der Waals surface area contributed by atoms with E-state index in [-0.39, 0.29) is 24.5 Å². The van der Waals surface area contributed by atoms with Crippen LogP contribution in [0, 0.1) is 0 Å². The molecule has 0 aromatic carbocycles. The highest BCUT2D eigenvalue weighted by Gasteiger charge is 2.14. The summed E-state index contributed by atoms with van der Waals surface area (Å²) in [6.45, 7) is 4.11. The zero-order chi connectivity index (χ0) is 43.7. The third kappa shape index (κ3) is 47.5. The normalized spacial score (nSPS) is 12.7. The number of hydrogen-bond acceptors (Lipinski definition) is 4. The van der Waals surface area contributed by atoms with Crippen LogP contribution in [0.25, 0.3) is 0 Å². The molecule has 0 radical (unpaired) electrons. The van der Waals surface area contributed by atoms with Gasteiger partial charge in [-0.15, -0.1) is 0 Å². The molecule has 0 heterocycles. The Morgan fingerprint density at radius 3 is 1.28 bits per heavy atom. The Morgan fingerprint density at radius 1 is 0.450 bits per heavy atom. The Morgan fingerprint density at radius 2 is 0.817 bits per heavy atom. The Bertz CT molecular complexity index is 1150. The molecule has 0 aromatic rings. The van der Waals surface area contributed by atoms with Crippen molar-refractivity contribution in [2.45, 2.75) is 245 Å². The minimum Gasteiger partial charge on any atom is -0.480 e. The van der Waals surface area contributed by atoms with Gasteiger partial charge >= 0.3 is 11.9 Å². The van der Waals surface area contributed by atoms with Crippen LogP contribution in [-0.4, -0.2) is 35.6 Å². The number of carbonyl (C=O) groups excluding carboxylic acids is 2. The third-order valence-electron chi connectivity index (χ3n) is 10.9. The number of esters is 1. The summed E-state index contributed by atoms with van der Waals surface area (Å²) < 4.78 is 6.04. The van der Waals surface area contributed by atoms with Crippen molar-refractivity contribution in [3.8, 4) is 0 Å². The van der Waals surface area contributed by atoms with E-state index in [1.807, 2.05) is 0 Å². The van der Waals surface area contributed by atoms with Crippen LogP contribution in [0.3, 0.4) is 0 Å². The SMILES string of the molecule is CC/C=C\C/C=C\C/C=C\C/C=C\CCCCC(CCCCCCCC(=O)NCC(=O)O)OC(=O)CCCCCCCCCCCCC/C=C\C/C=C\CCCCCCC. The monoisotopic (exact) mass is 836 g/mol. The van der Waals surface area contributed by atoms with Gasteiger partial charge in [0.2, 0.25) is 5.91 Å². The first-order valence-corrected chi connectivity index (χ1v) is 25.1. The first-order valence-electron chi connectivity index (χ1n) is 25.1. The summed E-state index contributed by atoms with van der Waals surface area (Å²) in [6, 6.07) is 0. The number of aliphatic carboxylic acids is 1. The molecule has 0 saturated heterocycles. The van der Waals surface area contributed by atoms with Gasteiger partial charge in [-0.1, -0.05) is 189 Å². The molecule has 0 aliphatic carbocycles. The molecular formula is C54H93NO5. The first kappa shape index (κ1) is 56.9. The molecule has 6 heteroatoms. The summed E-state index contributed by atoms with van der Waals surface area (Å²) in [5.74, 6) is -1.26. The zero-order valence-electron chi connectivity index (χ0n) is 39.0. The molecule has 344 valence electrons. The van der Waals surface area contributed by atoms with E-state index < -0.39 is 5.97 Å². The predicted octanol–water partition coefficient (Wildman–Crippen LogP) is 16.1. The van der Waals surface area contributed by atoms with Gasteiger partial charge in [0.1, 0.15) is 12.6 Å². The lowest BCUT2D eigenvalue weighted by Gasteiger charge is -2.18. The summed E-state index contributed by atoms with van der Waals surface area (Å²) in [4.78, 5) is 35.2. The van der Waals surface area contributed by atoms with Crippen molar-refractivity contribution in [2.75, 3.05) is 6.54 Å². The van der Waals surface area contributed by atoms with Crippen molar-refractivity contribution in [1.82, 2.24) is 5.32 Å². The lowest BCUT2D eigenvalue weighted by Crippen LogP contribution is -2.28. The fraction of sp³-hybridized carbons (Fsp3) is 0.722. The molecule has 1 atom stereocenters. The molecule has 0 bridgehead atoms. The third-order valence-corrected chi connectivity index (χ3v) is 10.9. The van der Waals surface area contributed by atoms with Crippen LogP contribution in [-0.2, 0) is 19.1 Å². The highest BCUT2D eigenvalue weighted by molar-refractivity contribution is 5.80. The summed E-state index contributed by atoms with van der Waals surface area (Å²) in [6.07, 6.45) is 66.1. The number of amides is 1. The van der Waals surface area contributed by atoms with Crippen LogP contribution >= 0.6 is 0 Å². The van der Waals surface area contributed by atoms with E-state index in [4.69, 9.17) is 9.84 Å². The smallest absolute Gasteiger partial charge is 0.322 e. The molecule has 0 aromatic heterocycles. The first-order chi connectivity index (χ1) is 29.5. The quantitative estimate of drug-likeness (QED) is 0.0362. The van der Waals surface area contributed by atoms with Gasteiger partial charge in [0.15, 0.2) is 0 Å². The number of nitrogens with one attached hydrogen (secondary N) is 1. The maximum Gasteiger partial charge on any atom is 0.322 e. The minimum atomic E-state index is -1.02. The molecule has 0 fully saturated rings. The number of ether oxygens (including phenoxy) is 1. The van der Waals surface area contributed by atoms with Gasteiger partial charge in [-0.05, 0) is 109 Å². The van der Waals surface area contributed by atoms with Crippen molar-refractivity contribution in [3.05, 3.63) is 72.9 Å². The van der Waals surface area contributed by atoms with Gasteiger partial charge in [-0.3, -0.25) is 14.4 Å². The average molecular weight is 836 g/mol. The van der Waals surface area contributed by atoms with Crippen molar-refractivity contribution in [2.24, 2.45) is 0 Å². The molecule has 6 nitrogen and oxygen atoms in total. The molecular weight excluding hydrogens is 743 g/mol. The van der Waals surface area contributed by atoms with E-state index in [1.54, 1.807) is 0 Å². The van der Waals surface area contributed by atoms with E-state index in [0.29, 0.717) is 12.8 Å². The second-order valence-corrected chi connectivity index (χ2v) is 16.7. The number of unbranched alkanes of at least 4 members (excludes halogenated alkanes) is 22. The summed E-state index contributed by atoms with van der Waals surface area (Å²) in [5, 5.41) is 11.1. The molecule has 0 aliphatic heterocycles. The standard InChI is InChI=1S/C54H93NO5/c1-3-5-7-9-11-13-15-17-19-20-21-22-23-24-25-26-28-30-32-34-36-41-45-49-54(59)60-51(47-43-39-37-40-44-48-52(56)55-50-53(57)58)46-42-38-35-33-31-29-27-18-16-14-12-10-8-6-4-2/h6,8,12,14-15,17-18,20-21,27,31,33,51H,3-5,7,9-11,13,16,19,22-26,28-30,32,34-50H2,1-2H3,(H,55,56)(H,57,58)/b8-6-,14-12-,17-15-,21-20-,27-18-,33-31-. The molecule has 1 unspecified atom stereocenters. The highest BCUT2D eigenvalue weighted by atomic mass is 16.5. The van der Waals surface area contributed by atoms with Crippen molar-refractivity contribution in [1.29, 1.82) is 0 Å². The fourth-order valence-corrected chi connectivity index (χ4v) is 7.18. The summed E-state index contributed by atoms with van der Waals surface area (Å²) in [5.41, 5.74) is 0. The van der Waals surface area contributed by atoms with Gasteiger partial charge in [-0.25, -0.2) is 0 Å². The van der Waals surface area contributed by atoms with Crippen LogP contribution < -0.4 is 5.32 Å². The van der Waals surface area contributed by atoms with Crippen LogP contribution in [0.5, 0.6) is 0 Å². The van der Waals surface area contributed by atoms with Gasteiger partial charge in [0, 0.05) is 12.8 Å². The average Bonchev–Trinajstić information content (AvgIpc) is 3.24. The van der Waals surface area contributed by atoms with E-state index in [9.17, 15) is 14.4 Å². The van der Waals surface area contributed by atoms with Crippen molar-refractivity contribution in [3.63, 3.8) is 0 Å². The minimum absolute atomic E-state index is 0.0184. The number of rotatable bonds is 45. The number of allylic oxidation sites excluding steroid dienone is 12. The number of hydrogen-bond donors (Lipinski definition) is 2. The molecule has 0 spiro atoms. The van der Waals surface area contributed by atoms with Crippen molar-refractivity contribution < 1.29 is 24.2 Å². The zero-order valence-corrected chi connectivity index (χ0v) is 39.0. The maximum absolute atomic E-state index is 12.8. The van der Waals surface area contributed by atoms with E-state index >= 15 is 0 Å². The van der Waals surface area contributed by atoms with Gasteiger partial charge in [0.25, 0.3) is 0 Å². The van der Waals surface area contributed by atoms with Crippen LogP contribution in [0.4, 0.5) is 0 Å². The number of carboxylic acids is 1. The Hall–Kier alpha value is -3.15. The molecule has 60 heavy (non-hydrogen) atoms. The molecule has 1 amide bonds. The van der Waals surface area contributed by atoms with E-state index in [2.05, 4.69) is 92.1 Å². The second kappa shape index (κ2) is 48.5. The van der Waals surface area contributed by atoms with E-state index in [0.717, 1.165) is 109 Å². The highest BCUT2D eigenvalue weighted by Crippen LogP contribution is 2.18. The maximum atomic E-state index is 12.8. The predicted molar refractivity (Wildman–Crippen MR) is 258 cm³/mol. The second-order valence-electron chi connectivity index (χ2n) is 16.7. The number of carbonyl (C=O) groups is 3. The largest absolute Gasteiger partial charge is 0.480 e. The van der Waals surface area contributed by atoms with Gasteiger partial charge in [0.05, 0.1) is 0 Å². The molecule has 0 aliphatic rings. The Labute approximate surface area is 370 Å². The van der Waals surface area contributed by atoms with Crippen LogP contribution in [0.15, 0.2) is 72.9 Å². The van der Waals surface area contributed by atoms with Gasteiger partial charge < -0.3 is 15.2 Å². The van der Waals surface area contributed by atoms with Crippen molar-refractivity contribution >= 4 is 17.8 Å². The Kier molecular flexibility index (Phi) is 46.0. The van der Waals surface area contributed by atoms with Gasteiger partial charge in [-0.2, -0.15) is 0 Å². The van der Waals surface area contributed by atoms with Crippen LogP contribution in [0.1, 0.15) is 239 Å². The Balaban J connectivity index is 4.15. The number of carboxylic acid groups (broad SMARTS) is 1. The topological polar surface area (TPSA) is 92.7 Å². The lowest BCUT2D eigenvalue weighted by atomic mass is 10.0. The molecule has 2 N–H and O–H groups in total.